The first kappa shape index (κ1) is 15.3. The van der Waals surface area contributed by atoms with Crippen molar-refractivity contribution < 1.29 is 0 Å². The van der Waals surface area contributed by atoms with Gasteiger partial charge in [-0.25, -0.2) is 0 Å². The fourth-order valence-electron chi connectivity index (χ4n) is 2.55. The summed E-state index contributed by atoms with van der Waals surface area (Å²) in [6, 6.07) is 0. The van der Waals surface area contributed by atoms with Gasteiger partial charge < -0.3 is 4.90 Å². The first-order valence-corrected chi connectivity index (χ1v) is 7.21. The van der Waals surface area contributed by atoms with Crippen LogP contribution in [-0.4, -0.2) is 21.8 Å². The molecule has 1 fully saturated rings. The lowest BCUT2D eigenvalue weighted by molar-refractivity contribution is 0.211. The molecule has 1 heterocycles. The third kappa shape index (κ3) is 3.15. The summed E-state index contributed by atoms with van der Waals surface area (Å²) in [7, 11) is 0. The quantitative estimate of drug-likeness (QED) is 0.698. The normalized spacial score (nSPS) is 25.8. The topological polar surface area (TPSA) is 15.6 Å². The highest BCUT2D eigenvalue weighted by molar-refractivity contribution is 5.96. The maximum atomic E-state index is 4.95. The maximum absolute atomic E-state index is 4.95. The van der Waals surface area contributed by atoms with Crippen molar-refractivity contribution in [3.8, 4) is 0 Å². The van der Waals surface area contributed by atoms with Crippen molar-refractivity contribution in [1.82, 2.24) is 4.90 Å². The second-order valence-electron chi connectivity index (χ2n) is 7.15. The van der Waals surface area contributed by atoms with Gasteiger partial charge in [-0.05, 0) is 54.4 Å². The number of hydrogen-bond donors (Lipinski definition) is 0. The lowest BCUT2D eigenvalue weighted by Gasteiger charge is -2.53. The van der Waals surface area contributed by atoms with E-state index in [1.807, 2.05) is 0 Å². The SMILES string of the molecule is CC/C=C1\C(CC)C(=NC(C)(C)C)N1C(C)(C)C. The van der Waals surface area contributed by atoms with E-state index >= 15 is 0 Å². The molecule has 1 unspecified atom stereocenters. The molecule has 104 valence electrons. The van der Waals surface area contributed by atoms with Crippen molar-refractivity contribution >= 4 is 5.84 Å². The molecule has 1 saturated heterocycles. The molecule has 1 aliphatic rings. The summed E-state index contributed by atoms with van der Waals surface area (Å²) in [6.07, 6.45) is 4.61. The van der Waals surface area contributed by atoms with E-state index in [9.17, 15) is 0 Å². The van der Waals surface area contributed by atoms with Gasteiger partial charge >= 0.3 is 0 Å². The molecular formula is C16H30N2. The summed E-state index contributed by atoms with van der Waals surface area (Å²) in [6.45, 7) is 17.8. The Morgan fingerprint density at radius 3 is 2.00 bits per heavy atom. The summed E-state index contributed by atoms with van der Waals surface area (Å²) in [5.41, 5.74) is 1.59. The minimum atomic E-state index is 0.00397. The summed E-state index contributed by atoms with van der Waals surface area (Å²) in [4.78, 5) is 7.38. The largest absolute Gasteiger partial charge is 0.328 e. The van der Waals surface area contributed by atoms with Crippen LogP contribution in [-0.2, 0) is 0 Å². The lowest BCUT2D eigenvalue weighted by atomic mass is 9.83. The third-order valence-electron chi connectivity index (χ3n) is 3.10. The maximum Gasteiger partial charge on any atom is 0.113 e. The molecule has 0 saturated carbocycles. The molecule has 0 spiro atoms. The van der Waals surface area contributed by atoms with Crippen LogP contribution in [0.25, 0.3) is 0 Å². The zero-order valence-electron chi connectivity index (χ0n) is 13.5. The fraction of sp³-hybridized carbons (Fsp3) is 0.812. The van der Waals surface area contributed by atoms with Crippen molar-refractivity contribution in [3.63, 3.8) is 0 Å². The molecule has 0 bridgehead atoms. The zero-order valence-corrected chi connectivity index (χ0v) is 13.5. The highest BCUT2D eigenvalue weighted by Crippen LogP contribution is 2.41. The van der Waals surface area contributed by atoms with Crippen molar-refractivity contribution in [1.29, 1.82) is 0 Å². The van der Waals surface area contributed by atoms with Gasteiger partial charge in [-0.15, -0.1) is 0 Å². The Morgan fingerprint density at radius 2 is 1.67 bits per heavy atom. The van der Waals surface area contributed by atoms with Crippen molar-refractivity contribution in [3.05, 3.63) is 11.8 Å². The van der Waals surface area contributed by atoms with Crippen molar-refractivity contribution in [2.24, 2.45) is 10.9 Å². The van der Waals surface area contributed by atoms with Crippen LogP contribution in [0, 0.1) is 5.92 Å². The Balaban J connectivity index is 3.16. The van der Waals surface area contributed by atoms with Crippen LogP contribution in [0.2, 0.25) is 0 Å². The summed E-state index contributed by atoms with van der Waals surface area (Å²) >= 11 is 0. The molecule has 0 radical (unpaired) electrons. The van der Waals surface area contributed by atoms with Gasteiger partial charge in [0.25, 0.3) is 0 Å². The van der Waals surface area contributed by atoms with Gasteiger partial charge in [0.1, 0.15) is 5.84 Å². The highest BCUT2D eigenvalue weighted by atomic mass is 15.3. The Morgan fingerprint density at radius 1 is 1.11 bits per heavy atom. The minimum absolute atomic E-state index is 0.00397. The summed E-state index contributed by atoms with van der Waals surface area (Å²) < 4.78 is 0. The molecule has 1 rings (SSSR count). The van der Waals surface area contributed by atoms with Crippen LogP contribution >= 0.6 is 0 Å². The number of likely N-dealkylation sites (tertiary alicyclic amines) is 1. The molecule has 0 amide bonds. The van der Waals surface area contributed by atoms with E-state index in [0.29, 0.717) is 5.92 Å². The zero-order chi connectivity index (χ0) is 14.1. The van der Waals surface area contributed by atoms with Crippen molar-refractivity contribution in [2.45, 2.75) is 79.3 Å². The standard InChI is InChI=1S/C16H30N2/c1-9-11-13-12(10-2)14(17-15(3,4)5)18(13)16(6,7)8/h11-12H,9-10H2,1-8H3/b13-11+,17-14?. The van der Waals surface area contributed by atoms with Crippen LogP contribution < -0.4 is 0 Å². The van der Waals surface area contributed by atoms with Gasteiger partial charge in [-0.1, -0.05) is 19.9 Å². The first-order valence-electron chi connectivity index (χ1n) is 7.21. The van der Waals surface area contributed by atoms with E-state index in [1.54, 1.807) is 0 Å². The van der Waals surface area contributed by atoms with E-state index in [0.717, 1.165) is 12.8 Å². The fourth-order valence-corrected chi connectivity index (χ4v) is 2.55. The molecule has 1 aliphatic heterocycles. The Kier molecular flexibility index (Phi) is 4.30. The Hall–Kier alpha value is -0.790. The van der Waals surface area contributed by atoms with Gasteiger partial charge in [0.2, 0.25) is 0 Å². The number of nitrogens with zero attached hydrogens (tertiary/aromatic N) is 2. The van der Waals surface area contributed by atoms with Crippen LogP contribution in [0.4, 0.5) is 0 Å². The highest BCUT2D eigenvalue weighted by Gasteiger charge is 2.44. The molecular weight excluding hydrogens is 220 g/mol. The molecule has 2 nitrogen and oxygen atoms in total. The monoisotopic (exact) mass is 250 g/mol. The number of aliphatic imine (C=N–C) groups is 1. The summed E-state index contributed by atoms with van der Waals surface area (Å²) in [5, 5.41) is 0. The first-order chi connectivity index (χ1) is 8.11. The van der Waals surface area contributed by atoms with E-state index < -0.39 is 0 Å². The van der Waals surface area contributed by atoms with Gasteiger partial charge in [-0.3, -0.25) is 4.99 Å². The second kappa shape index (κ2) is 5.07. The minimum Gasteiger partial charge on any atom is -0.328 e. The van der Waals surface area contributed by atoms with Crippen molar-refractivity contribution in [2.75, 3.05) is 0 Å². The molecule has 0 aromatic heterocycles. The Labute approximate surface area is 113 Å². The van der Waals surface area contributed by atoms with E-state index in [1.165, 1.54) is 11.5 Å². The molecule has 2 heteroatoms. The van der Waals surface area contributed by atoms with Crippen LogP contribution in [0.5, 0.6) is 0 Å². The third-order valence-corrected chi connectivity index (χ3v) is 3.10. The average molecular weight is 250 g/mol. The predicted octanol–water partition coefficient (Wildman–Crippen LogP) is 4.62. The second-order valence-corrected chi connectivity index (χ2v) is 7.15. The molecule has 0 aromatic carbocycles. The number of amidine groups is 1. The summed E-state index contributed by atoms with van der Waals surface area (Å²) in [5.74, 6) is 1.81. The smallest absolute Gasteiger partial charge is 0.113 e. The van der Waals surface area contributed by atoms with Crippen LogP contribution in [0.1, 0.15) is 68.2 Å². The average Bonchev–Trinajstić information content (AvgIpc) is 2.12. The molecule has 0 aromatic rings. The van der Waals surface area contributed by atoms with Gasteiger partial charge in [0.05, 0.1) is 11.5 Å². The Bertz CT molecular complexity index is 350. The molecule has 0 N–H and O–H groups in total. The van der Waals surface area contributed by atoms with E-state index in [2.05, 4.69) is 66.4 Å². The molecule has 0 aliphatic carbocycles. The number of hydrogen-bond acceptors (Lipinski definition) is 1. The van der Waals surface area contributed by atoms with Gasteiger partial charge in [0, 0.05) is 11.2 Å². The number of allylic oxidation sites excluding steroid dienone is 1. The van der Waals surface area contributed by atoms with Crippen LogP contribution in [0.15, 0.2) is 16.8 Å². The lowest BCUT2D eigenvalue weighted by Crippen LogP contribution is -2.59. The van der Waals surface area contributed by atoms with Crippen LogP contribution in [0.3, 0.4) is 0 Å². The van der Waals surface area contributed by atoms with Gasteiger partial charge in [-0.2, -0.15) is 0 Å². The van der Waals surface area contributed by atoms with E-state index in [-0.39, 0.29) is 11.1 Å². The van der Waals surface area contributed by atoms with E-state index in [4.69, 9.17) is 4.99 Å². The predicted molar refractivity (Wildman–Crippen MR) is 80.9 cm³/mol. The molecule has 18 heavy (non-hydrogen) atoms. The number of rotatable bonds is 2. The van der Waals surface area contributed by atoms with Gasteiger partial charge in [0.15, 0.2) is 0 Å². The molecule has 1 atom stereocenters.